The standard InChI is InChI=1S/C12H32N4O4Si/c1-9(13)5-17-21(18-6-10(2)14,19-7-11(3)15)20-8-12(4)16/h9-12H,5-8,13-16H2,1-4H3. The third kappa shape index (κ3) is 11.2. The van der Waals surface area contributed by atoms with E-state index in [-0.39, 0.29) is 50.6 Å². The average Bonchev–Trinajstić information content (AvgIpc) is 2.36. The Kier molecular flexibility index (Phi) is 10.5. The molecule has 0 aliphatic heterocycles. The van der Waals surface area contributed by atoms with E-state index in [1.807, 2.05) is 27.7 Å². The monoisotopic (exact) mass is 324 g/mol. The highest BCUT2D eigenvalue weighted by atomic mass is 28.4. The second kappa shape index (κ2) is 10.6. The van der Waals surface area contributed by atoms with Crippen LogP contribution in [0.4, 0.5) is 0 Å². The van der Waals surface area contributed by atoms with Crippen LogP contribution >= 0.6 is 0 Å². The maximum atomic E-state index is 5.72. The molecule has 0 aromatic carbocycles. The molecule has 4 unspecified atom stereocenters. The lowest BCUT2D eigenvalue weighted by molar-refractivity contribution is -0.0417. The van der Waals surface area contributed by atoms with Crippen molar-refractivity contribution in [2.24, 2.45) is 22.9 Å². The summed E-state index contributed by atoms with van der Waals surface area (Å²) in [5.74, 6) is 0. The summed E-state index contributed by atoms with van der Waals surface area (Å²) in [4.78, 5) is 0. The van der Waals surface area contributed by atoms with E-state index in [0.29, 0.717) is 0 Å². The molecule has 8 N–H and O–H groups in total. The lowest BCUT2D eigenvalue weighted by atomic mass is 10.4. The van der Waals surface area contributed by atoms with E-state index in [2.05, 4.69) is 0 Å². The predicted molar refractivity (Wildman–Crippen MR) is 84.2 cm³/mol. The number of nitrogens with two attached hydrogens (primary N) is 4. The molecule has 0 radical (unpaired) electrons. The van der Waals surface area contributed by atoms with Crippen molar-refractivity contribution in [3.63, 3.8) is 0 Å². The summed E-state index contributed by atoms with van der Waals surface area (Å²) >= 11 is 0. The van der Waals surface area contributed by atoms with Gasteiger partial charge >= 0.3 is 9.05 Å². The van der Waals surface area contributed by atoms with Crippen molar-refractivity contribution in [2.45, 2.75) is 51.9 Å². The fourth-order valence-electron chi connectivity index (χ4n) is 1.18. The third-order valence-electron chi connectivity index (χ3n) is 2.09. The van der Waals surface area contributed by atoms with Gasteiger partial charge in [0, 0.05) is 24.2 Å². The maximum absolute atomic E-state index is 5.72. The highest BCUT2D eigenvalue weighted by Gasteiger charge is 2.46. The van der Waals surface area contributed by atoms with E-state index >= 15 is 0 Å². The van der Waals surface area contributed by atoms with E-state index in [1.165, 1.54) is 0 Å². The molecular weight excluding hydrogens is 292 g/mol. The van der Waals surface area contributed by atoms with Crippen LogP contribution < -0.4 is 22.9 Å². The van der Waals surface area contributed by atoms with Crippen LogP contribution in [0, 0.1) is 0 Å². The minimum absolute atomic E-state index is 0.173. The van der Waals surface area contributed by atoms with Crippen LogP contribution in [-0.2, 0) is 17.7 Å². The zero-order valence-electron chi connectivity index (χ0n) is 13.6. The summed E-state index contributed by atoms with van der Waals surface area (Å²) in [5, 5.41) is 0. The van der Waals surface area contributed by atoms with Crippen LogP contribution in [0.15, 0.2) is 0 Å². The molecule has 0 saturated heterocycles. The molecule has 128 valence electrons. The molecule has 0 aromatic heterocycles. The lowest BCUT2D eigenvalue weighted by Crippen LogP contribution is -2.55. The van der Waals surface area contributed by atoms with Crippen LogP contribution in [0.2, 0.25) is 0 Å². The van der Waals surface area contributed by atoms with Gasteiger partial charge in [0.05, 0.1) is 26.4 Å². The first kappa shape index (κ1) is 20.9. The Morgan fingerprint density at radius 3 is 0.905 bits per heavy atom. The maximum Gasteiger partial charge on any atom is 0.679 e. The fourth-order valence-corrected chi connectivity index (χ4v) is 3.55. The number of hydrogen-bond donors (Lipinski definition) is 4. The first-order chi connectivity index (χ1) is 9.67. The highest BCUT2D eigenvalue weighted by molar-refractivity contribution is 6.53. The van der Waals surface area contributed by atoms with Crippen LogP contribution in [0.25, 0.3) is 0 Å². The molecule has 9 heteroatoms. The fraction of sp³-hybridized carbons (Fsp3) is 1.00. The van der Waals surface area contributed by atoms with E-state index < -0.39 is 9.05 Å². The van der Waals surface area contributed by atoms with E-state index in [9.17, 15) is 0 Å². The first-order valence-electron chi connectivity index (χ1n) is 7.25. The van der Waals surface area contributed by atoms with Gasteiger partial charge in [0.15, 0.2) is 0 Å². The quantitative estimate of drug-likeness (QED) is 0.331. The molecule has 0 fully saturated rings. The van der Waals surface area contributed by atoms with Gasteiger partial charge in [-0.25, -0.2) is 0 Å². The van der Waals surface area contributed by atoms with E-state index in [4.69, 9.17) is 40.6 Å². The van der Waals surface area contributed by atoms with Crippen molar-refractivity contribution >= 4 is 9.05 Å². The predicted octanol–water partition coefficient (Wildman–Crippen LogP) is -1.12. The van der Waals surface area contributed by atoms with Crippen LogP contribution in [-0.4, -0.2) is 59.6 Å². The second-order valence-electron chi connectivity index (χ2n) is 5.65. The minimum atomic E-state index is -3.37. The molecular formula is C12H32N4O4Si. The summed E-state index contributed by atoms with van der Waals surface area (Å²) in [6.07, 6.45) is 0. The van der Waals surface area contributed by atoms with Gasteiger partial charge in [0.25, 0.3) is 0 Å². The first-order valence-corrected chi connectivity index (χ1v) is 8.88. The number of hydrogen-bond acceptors (Lipinski definition) is 8. The van der Waals surface area contributed by atoms with E-state index in [1.54, 1.807) is 0 Å². The molecule has 0 amide bonds. The zero-order chi connectivity index (χ0) is 16.5. The second-order valence-corrected chi connectivity index (χ2v) is 7.81. The Morgan fingerprint density at radius 2 is 0.762 bits per heavy atom. The minimum Gasteiger partial charge on any atom is -0.350 e. The normalized spacial score (nSPS) is 20.6. The molecule has 21 heavy (non-hydrogen) atoms. The van der Waals surface area contributed by atoms with Gasteiger partial charge in [0.1, 0.15) is 0 Å². The Bertz CT molecular complexity index is 214. The van der Waals surface area contributed by atoms with Gasteiger partial charge in [-0.3, -0.25) is 0 Å². The number of rotatable bonds is 12. The highest BCUT2D eigenvalue weighted by Crippen LogP contribution is 2.14. The Morgan fingerprint density at radius 1 is 0.571 bits per heavy atom. The van der Waals surface area contributed by atoms with Crippen LogP contribution in [0.1, 0.15) is 27.7 Å². The van der Waals surface area contributed by atoms with Crippen LogP contribution in [0.5, 0.6) is 0 Å². The Hall–Kier alpha value is -0.103. The van der Waals surface area contributed by atoms with Gasteiger partial charge in [-0.15, -0.1) is 0 Å². The van der Waals surface area contributed by atoms with Crippen molar-refractivity contribution < 1.29 is 17.7 Å². The largest absolute Gasteiger partial charge is 0.679 e. The third-order valence-corrected chi connectivity index (χ3v) is 4.17. The molecule has 0 bridgehead atoms. The summed E-state index contributed by atoms with van der Waals surface area (Å²) in [6.45, 7) is 8.30. The van der Waals surface area contributed by atoms with Gasteiger partial charge in [-0.05, 0) is 27.7 Å². The molecule has 0 saturated carbocycles. The van der Waals surface area contributed by atoms with Crippen molar-refractivity contribution in [1.82, 2.24) is 0 Å². The molecule has 0 aliphatic rings. The summed E-state index contributed by atoms with van der Waals surface area (Å²) in [7, 11) is -3.37. The average molecular weight is 324 g/mol. The summed E-state index contributed by atoms with van der Waals surface area (Å²) in [5.41, 5.74) is 22.9. The van der Waals surface area contributed by atoms with Gasteiger partial charge in [0.2, 0.25) is 0 Å². The summed E-state index contributed by atoms with van der Waals surface area (Å²) in [6, 6.07) is -0.690. The molecule has 0 rings (SSSR count). The molecule has 0 heterocycles. The van der Waals surface area contributed by atoms with Gasteiger partial charge in [-0.1, -0.05) is 0 Å². The van der Waals surface area contributed by atoms with Crippen molar-refractivity contribution in [3.8, 4) is 0 Å². The lowest BCUT2D eigenvalue weighted by Gasteiger charge is -2.30. The molecule has 0 aromatic rings. The zero-order valence-corrected chi connectivity index (χ0v) is 14.6. The Balaban J connectivity index is 4.85. The topological polar surface area (TPSA) is 141 Å². The summed E-state index contributed by atoms with van der Waals surface area (Å²) < 4.78 is 22.9. The van der Waals surface area contributed by atoms with Crippen molar-refractivity contribution in [2.75, 3.05) is 26.4 Å². The van der Waals surface area contributed by atoms with Crippen LogP contribution in [0.3, 0.4) is 0 Å². The smallest absolute Gasteiger partial charge is 0.350 e. The van der Waals surface area contributed by atoms with Crippen molar-refractivity contribution in [3.05, 3.63) is 0 Å². The van der Waals surface area contributed by atoms with Gasteiger partial charge < -0.3 is 40.6 Å². The SMILES string of the molecule is CC(N)CO[Si](OCC(C)N)(OCC(C)N)OCC(C)N. The molecule has 0 aliphatic carbocycles. The molecule has 4 atom stereocenters. The molecule has 0 spiro atoms. The van der Waals surface area contributed by atoms with Crippen molar-refractivity contribution in [1.29, 1.82) is 0 Å². The van der Waals surface area contributed by atoms with E-state index in [0.717, 1.165) is 0 Å². The Labute approximate surface area is 128 Å². The molecule has 8 nitrogen and oxygen atoms in total. The van der Waals surface area contributed by atoms with Gasteiger partial charge in [-0.2, -0.15) is 0 Å².